The number of hydrogen-bond donors (Lipinski definition) is 1. The minimum atomic E-state index is -4.13. The van der Waals surface area contributed by atoms with Gasteiger partial charge >= 0.3 is 0 Å². The van der Waals surface area contributed by atoms with Crippen LogP contribution in [0.3, 0.4) is 0 Å². The summed E-state index contributed by atoms with van der Waals surface area (Å²) < 4.78 is 63.3. The van der Waals surface area contributed by atoms with Crippen molar-refractivity contribution >= 4 is 37.3 Å². The molecule has 0 aromatic heterocycles. The van der Waals surface area contributed by atoms with Crippen molar-refractivity contribution in [3.63, 3.8) is 0 Å². The summed E-state index contributed by atoms with van der Waals surface area (Å²) in [5.41, 5.74) is 0.816. The van der Waals surface area contributed by atoms with Gasteiger partial charge < -0.3 is 0 Å². The van der Waals surface area contributed by atoms with Crippen LogP contribution in [0.4, 0.5) is 10.1 Å². The molecule has 10 heteroatoms. The maximum atomic E-state index is 14.0. The highest BCUT2D eigenvalue weighted by Gasteiger charge is 2.33. The Morgan fingerprint density at radius 1 is 1.08 bits per heavy atom. The molecule has 0 atom stereocenters. The van der Waals surface area contributed by atoms with Gasteiger partial charge in [-0.3, -0.25) is 4.31 Å². The monoisotopic (exact) mass is 390 g/mol. The first-order valence-corrected chi connectivity index (χ1v) is 10.1. The number of rotatable bonds is 3. The van der Waals surface area contributed by atoms with E-state index in [0.29, 0.717) is 17.7 Å². The Balaban J connectivity index is 2.08. The number of sulfonamides is 2. The zero-order valence-electron chi connectivity index (χ0n) is 12.1. The molecular weight excluding hydrogens is 379 g/mol. The minimum Gasteiger partial charge on any atom is -0.266 e. The van der Waals surface area contributed by atoms with Crippen LogP contribution in [0.15, 0.2) is 46.2 Å². The lowest BCUT2D eigenvalue weighted by molar-refractivity contribution is 0.564. The first-order valence-electron chi connectivity index (χ1n) is 6.74. The van der Waals surface area contributed by atoms with E-state index in [2.05, 4.69) is 0 Å². The van der Waals surface area contributed by atoms with Gasteiger partial charge in [0.15, 0.2) is 0 Å². The lowest BCUT2D eigenvalue weighted by atomic mass is 10.2. The van der Waals surface area contributed by atoms with Crippen molar-refractivity contribution in [2.45, 2.75) is 16.2 Å². The van der Waals surface area contributed by atoms with E-state index in [-0.39, 0.29) is 16.5 Å². The third-order valence-corrected chi connectivity index (χ3v) is 6.69. The summed E-state index contributed by atoms with van der Waals surface area (Å²) in [6, 6.07) is 7.23. The molecule has 0 spiro atoms. The maximum absolute atomic E-state index is 14.0. The van der Waals surface area contributed by atoms with Crippen LogP contribution in [0.2, 0.25) is 5.02 Å². The number of anilines is 1. The summed E-state index contributed by atoms with van der Waals surface area (Å²) in [6.45, 7) is 0.0772. The number of hydrogen-bond acceptors (Lipinski definition) is 4. The van der Waals surface area contributed by atoms with E-state index < -0.39 is 30.8 Å². The van der Waals surface area contributed by atoms with Crippen LogP contribution < -0.4 is 9.44 Å². The Morgan fingerprint density at radius 3 is 2.42 bits per heavy atom. The SMILES string of the molecule is NS(=O)(=O)c1ccc2c(c1)CCN2S(=O)(=O)c1ccc(Cl)cc1F. The summed E-state index contributed by atoms with van der Waals surface area (Å²) in [4.78, 5) is -0.589. The van der Waals surface area contributed by atoms with Gasteiger partial charge in [0.1, 0.15) is 10.7 Å². The predicted molar refractivity (Wildman–Crippen MR) is 87.5 cm³/mol. The number of halogens is 2. The average molecular weight is 391 g/mol. The Labute approximate surface area is 143 Å². The van der Waals surface area contributed by atoms with E-state index in [9.17, 15) is 21.2 Å². The highest BCUT2D eigenvalue weighted by Crippen LogP contribution is 2.35. The van der Waals surface area contributed by atoms with Crippen molar-refractivity contribution in [1.29, 1.82) is 0 Å². The maximum Gasteiger partial charge on any atom is 0.267 e. The largest absolute Gasteiger partial charge is 0.267 e. The van der Waals surface area contributed by atoms with Crippen LogP contribution >= 0.6 is 11.6 Å². The summed E-state index contributed by atoms with van der Waals surface area (Å²) in [6.07, 6.45) is 0.299. The lowest BCUT2D eigenvalue weighted by Crippen LogP contribution is -2.29. The average Bonchev–Trinajstić information content (AvgIpc) is 2.89. The van der Waals surface area contributed by atoms with Gasteiger partial charge in [-0.2, -0.15) is 0 Å². The molecule has 1 aliphatic rings. The van der Waals surface area contributed by atoms with Gasteiger partial charge in [0.05, 0.1) is 10.6 Å². The minimum absolute atomic E-state index is 0.0772. The molecule has 24 heavy (non-hydrogen) atoms. The standard InChI is InChI=1S/C14H12ClFN2O4S2/c15-10-1-4-14(12(16)8-10)24(21,22)18-6-5-9-7-11(23(17,19)20)2-3-13(9)18/h1-4,7-8H,5-6H2,(H2,17,19,20). The number of nitrogens with zero attached hydrogens (tertiary/aromatic N) is 1. The van der Waals surface area contributed by atoms with Crippen molar-refractivity contribution in [2.24, 2.45) is 5.14 Å². The van der Waals surface area contributed by atoms with Gasteiger partial charge in [-0.05, 0) is 48.4 Å². The van der Waals surface area contributed by atoms with Gasteiger partial charge in [-0.1, -0.05) is 11.6 Å². The van der Waals surface area contributed by atoms with Gasteiger partial charge in [0, 0.05) is 11.6 Å². The normalized spacial score (nSPS) is 14.7. The number of nitrogens with two attached hydrogens (primary N) is 1. The predicted octanol–water partition coefficient (Wildman–Crippen LogP) is 1.88. The summed E-state index contributed by atoms with van der Waals surface area (Å²) in [5, 5.41) is 5.16. The van der Waals surface area contributed by atoms with E-state index in [1.807, 2.05) is 0 Å². The van der Waals surface area contributed by atoms with Crippen LogP contribution in [0, 0.1) is 5.82 Å². The second-order valence-corrected chi connectivity index (χ2v) is 9.07. The second kappa shape index (κ2) is 5.69. The van der Waals surface area contributed by atoms with Crippen molar-refractivity contribution in [2.75, 3.05) is 10.8 Å². The Bertz CT molecular complexity index is 1040. The molecule has 2 N–H and O–H groups in total. The lowest BCUT2D eigenvalue weighted by Gasteiger charge is -2.20. The molecular formula is C14H12ClFN2O4S2. The first kappa shape index (κ1) is 17.2. The van der Waals surface area contributed by atoms with Crippen LogP contribution in [-0.4, -0.2) is 23.4 Å². The van der Waals surface area contributed by atoms with Gasteiger partial charge in [-0.25, -0.2) is 26.4 Å². The topological polar surface area (TPSA) is 97.5 Å². The van der Waals surface area contributed by atoms with Crippen LogP contribution in [0.25, 0.3) is 0 Å². The molecule has 0 fully saturated rings. The van der Waals surface area contributed by atoms with Crippen LogP contribution in [0.1, 0.15) is 5.56 Å². The van der Waals surface area contributed by atoms with Gasteiger partial charge in [-0.15, -0.1) is 0 Å². The van der Waals surface area contributed by atoms with Crippen molar-refractivity contribution in [3.05, 3.63) is 52.8 Å². The molecule has 2 aromatic rings. The number of benzene rings is 2. The van der Waals surface area contributed by atoms with Gasteiger partial charge in [0.2, 0.25) is 10.0 Å². The van der Waals surface area contributed by atoms with E-state index in [4.69, 9.17) is 16.7 Å². The van der Waals surface area contributed by atoms with Crippen molar-refractivity contribution in [3.8, 4) is 0 Å². The van der Waals surface area contributed by atoms with Crippen LogP contribution in [0.5, 0.6) is 0 Å². The third kappa shape index (κ3) is 2.88. The molecule has 0 saturated heterocycles. The smallest absolute Gasteiger partial charge is 0.266 e. The quantitative estimate of drug-likeness (QED) is 0.865. The molecule has 3 rings (SSSR count). The molecule has 0 unspecified atom stereocenters. The van der Waals surface area contributed by atoms with Crippen molar-refractivity contribution < 1.29 is 21.2 Å². The Kier molecular flexibility index (Phi) is 4.07. The molecule has 0 amide bonds. The summed E-state index contributed by atoms with van der Waals surface area (Å²) in [5.74, 6) is -0.947. The number of fused-ring (bicyclic) bond motifs is 1. The highest BCUT2D eigenvalue weighted by atomic mass is 35.5. The Hall–Kier alpha value is -1.68. The van der Waals surface area contributed by atoms with E-state index in [0.717, 1.165) is 16.4 Å². The van der Waals surface area contributed by atoms with Gasteiger partial charge in [0.25, 0.3) is 10.0 Å². The van der Waals surface area contributed by atoms with E-state index >= 15 is 0 Å². The molecule has 1 aliphatic heterocycles. The highest BCUT2D eigenvalue weighted by molar-refractivity contribution is 7.92. The second-order valence-electron chi connectivity index (χ2n) is 5.24. The molecule has 0 saturated carbocycles. The molecule has 0 aliphatic carbocycles. The zero-order chi connectivity index (χ0) is 17.7. The first-order chi connectivity index (χ1) is 11.1. The number of primary sulfonamides is 1. The Morgan fingerprint density at radius 2 is 1.79 bits per heavy atom. The fourth-order valence-electron chi connectivity index (χ4n) is 2.58. The third-order valence-electron chi connectivity index (χ3n) is 3.69. The molecule has 6 nitrogen and oxygen atoms in total. The summed E-state index contributed by atoms with van der Waals surface area (Å²) in [7, 11) is -8.01. The zero-order valence-corrected chi connectivity index (χ0v) is 14.5. The molecule has 1 heterocycles. The summed E-state index contributed by atoms with van der Waals surface area (Å²) >= 11 is 5.65. The van der Waals surface area contributed by atoms with E-state index in [1.54, 1.807) is 0 Å². The fourth-order valence-corrected chi connectivity index (χ4v) is 4.85. The molecule has 128 valence electrons. The van der Waals surface area contributed by atoms with Crippen LogP contribution in [-0.2, 0) is 26.5 Å². The molecule has 0 bridgehead atoms. The molecule has 0 radical (unpaired) electrons. The van der Waals surface area contributed by atoms with Crippen molar-refractivity contribution in [1.82, 2.24) is 0 Å². The molecule has 2 aromatic carbocycles. The van der Waals surface area contributed by atoms with E-state index in [1.165, 1.54) is 24.3 Å². The fraction of sp³-hybridized carbons (Fsp3) is 0.143.